The Bertz CT molecular complexity index is 1100. The summed E-state index contributed by atoms with van der Waals surface area (Å²) >= 11 is 14.0. The fraction of sp³-hybridized carbons (Fsp3) is 0.500. The molecule has 10 heteroatoms. The smallest absolute Gasteiger partial charge is 0.407 e. The van der Waals surface area contributed by atoms with Crippen LogP contribution in [0.5, 0.6) is 0 Å². The second-order valence-electron chi connectivity index (χ2n) is 9.49. The van der Waals surface area contributed by atoms with Gasteiger partial charge in [-0.15, -0.1) is 5.10 Å². The van der Waals surface area contributed by atoms with E-state index in [1.807, 2.05) is 39.1 Å². The lowest BCUT2D eigenvalue weighted by Gasteiger charge is -2.39. The number of hydrogen-bond donors (Lipinski definition) is 1. The van der Waals surface area contributed by atoms with Crippen molar-refractivity contribution in [3.63, 3.8) is 0 Å². The molecule has 0 radical (unpaired) electrons. The molecule has 0 unspecified atom stereocenters. The average molecular weight is 496 g/mol. The van der Waals surface area contributed by atoms with Crippen LogP contribution in [0.2, 0.25) is 10.0 Å². The third-order valence-corrected chi connectivity index (χ3v) is 7.36. The lowest BCUT2D eigenvalue weighted by Crippen LogP contribution is -2.45. The van der Waals surface area contributed by atoms with Crippen molar-refractivity contribution in [2.24, 2.45) is 5.41 Å². The predicted molar refractivity (Wildman–Crippen MR) is 130 cm³/mol. The van der Waals surface area contributed by atoms with Gasteiger partial charge in [0.25, 0.3) is 0 Å². The monoisotopic (exact) mass is 495 g/mol. The van der Waals surface area contributed by atoms with E-state index in [2.05, 4.69) is 17.1 Å². The van der Waals surface area contributed by atoms with Crippen molar-refractivity contribution in [3.05, 3.63) is 34.4 Å². The Balaban J connectivity index is 1.38. The maximum atomic E-state index is 12.0. The molecular weight excluding hydrogens is 469 g/mol. The molecule has 0 bridgehead atoms. The largest absolute Gasteiger partial charge is 0.444 e. The fourth-order valence-corrected chi connectivity index (χ4v) is 5.00. The Hall–Kier alpha value is -2.03. The number of anilines is 1. The second-order valence-corrected chi connectivity index (χ2v) is 11.2. The number of benzene rings is 1. The maximum absolute atomic E-state index is 12.0. The zero-order chi connectivity index (χ0) is 23.1. The molecule has 7 nitrogen and oxygen atoms in total. The molecule has 1 fully saturated rings. The predicted octanol–water partition coefficient (Wildman–Crippen LogP) is 5.90. The molecule has 172 valence electrons. The lowest BCUT2D eigenvalue weighted by atomic mass is 9.80. The van der Waals surface area contributed by atoms with Crippen LogP contribution in [0.4, 0.5) is 9.93 Å². The molecule has 0 atom stereocenters. The highest BCUT2D eigenvalue weighted by Gasteiger charge is 2.32. The molecule has 32 heavy (non-hydrogen) atoms. The summed E-state index contributed by atoms with van der Waals surface area (Å²) in [5, 5.41) is 9.60. The minimum absolute atomic E-state index is 0.0291. The molecule has 1 N–H and O–H groups in total. The summed E-state index contributed by atoms with van der Waals surface area (Å²) in [5.41, 5.74) is 1.09. The average Bonchev–Trinajstić information content (AvgIpc) is 3.27. The van der Waals surface area contributed by atoms with Crippen LogP contribution < -0.4 is 10.2 Å². The highest BCUT2D eigenvalue weighted by atomic mass is 35.5. The first-order valence-electron chi connectivity index (χ1n) is 10.6. The number of amides is 1. The molecule has 3 heterocycles. The number of alkyl carbamates (subject to hydrolysis) is 1. The van der Waals surface area contributed by atoms with Gasteiger partial charge in [0.2, 0.25) is 10.1 Å². The Morgan fingerprint density at radius 1 is 1.28 bits per heavy atom. The van der Waals surface area contributed by atoms with Crippen LogP contribution in [0.3, 0.4) is 0 Å². The Morgan fingerprint density at radius 3 is 2.66 bits per heavy atom. The van der Waals surface area contributed by atoms with Crippen LogP contribution in [-0.2, 0) is 4.74 Å². The Morgan fingerprint density at radius 2 is 2.00 bits per heavy atom. The van der Waals surface area contributed by atoms with Crippen molar-refractivity contribution in [2.45, 2.75) is 46.1 Å². The first kappa shape index (κ1) is 23.1. The number of fused-ring (bicyclic) bond motifs is 1. The van der Waals surface area contributed by atoms with E-state index >= 15 is 0 Å². The molecule has 2 aromatic heterocycles. The lowest BCUT2D eigenvalue weighted by molar-refractivity contribution is 0.0495. The molecule has 4 rings (SSSR count). The second kappa shape index (κ2) is 8.72. The summed E-state index contributed by atoms with van der Waals surface area (Å²) in [7, 11) is 0. The summed E-state index contributed by atoms with van der Waals surface area (Å²) in [5.74, 6) is 0. The number of hydrogen-bond acceptors (Lipinski definition) is 6. The Kier molecular flexibility index (Phi) is 6.31. The molecule has 1 aliphatic heterocycles. The summed E-state index contributed by atoms with van der Waals surface area (Å²) in [6.07, 6.45) is 3.42. The van der Waals surface area contributed by atoms with Crippen LogP contribution in [0.25, 0.3) is 16.2 Å². The number of ether oxygens (including phenoxy) is 1. The van der Waals surface area contributed by atoms with Crippen molar-refractivity contribution in [1.29, 1.82) is 0 Å². The number of imidazole rings is 1. The third-order valence-electron chi connectivity index (χ3n) is 5.56. The first-order chi connectivity index (χ1) is 15.0. The van der Waals surface area contributed by atoms with Gasteiger partial charge in [0.05, 0.1) is 21.9 Å². The van der Waals surface area contributed by atoms with Crippen LogP contribution in [-0.4, -0.2) is 45.9 Å². The van der Waals surface area contributed by atoms with Gasteiger partial charge in [-0.3, -0.25) is 0 Å². The molecule has 1 saturated heterocycles. The van der Waals surface area contributed by atoms with Gasteiger partial charge >= 0.3 is 6.09 Å². The molecule has 3 aromatic rings. The van der Waals surface area contributed by atoms with E-state index in [9.17, 15) is 4.79 Å². The highest BCUT2D eigenvalue weighted by Crippen LogP contribution is 2.36. The SMILES string of the molecule is CC1(CNC(=O)OC(C)(C)C)CCN(c2nn3cc(-c4cccc(Cl)c4Cl)nc3s2)CC1. The van der Waals surface area contributed by atoms with Crippen molar-refractivity contribution >= 4 is 50.7 Å². The van der Waals surface area contributed by atoms with Gasteiger partial charge < -0.3 is 15.0 Å². The van der Waals surface area contributed by atoms with Crippen molar-refractivity contribution in [2.75, 3.05) is 24.5 Å². The van der Waals surface area contributed by atoms with E-state index in [0.717, 1.165) is 47.3 Å². The molecular formula is C22H27Cl2N5O2S. The van der Waals surface area contributed by atoms with Crippen LogP contribution in [0, 0.1) is 5.41 Å². The topological polar surface area (TPSA) is 71.8 Å². The molecule has 0 saturated carbocycles. The van der Waals surface area contributed by atoms with Crippen LogP contribution in [0.1, 0.15) is 40.5 Å². The van der Waals surface area contributed by atoms with E-state index in [1.54, 1.807) is 21.9 Å². The van der Waals surface area contributed by atoms with Gasteiger partial charge in [-0.1, -0.05) is 53.6 Å². The molecule has 1 aromatic carbocycles. The number of piperidine rings is 1. The standard InChI is InChI=1S/C22H27Cl2N5O2S/c1-21(2,3)31-20(30)25-13-22(4)8-10-28(11-9-22)19-27-29-12-16(26-18(29)32-19)14-6-5-7-15(23)17(14)24/h5-7,12H,8-11,13H2,1-4H3,(H,25,30). The van der Waals surface area contributed by atoms with Crippen molar-refractivity contribution < 1.29 is 9.53 Å². The zero-order valence-corrected chi connectivity index (χ0v) is 20.9. The Labute approximate surface area is 201 Å². The van der Waals surface area contributed by atoms with Gasteiger partial charge in [0.1, 0.15) is 5.60 Å². The first-order valence-corrected chi connectivity index (χ1v) is 12.1. The van der Waals surface area contributed by atoms with Crippen LogP contribution >= 0.6 is 34.5 Å². The number of nitrogens with zero attached hydrogens (tertiary/aromatic N) is 4. The number of aromatic nitrogens is 3. The van der Waals surface area contributed by atoms with Gasteiger partial charge in [0.15, 0.2) is 0 Å². The zero-order valence-electron chi connectivity index (χ0n) is 18.6. The molecule has 1 amide bonds. The van der Waals surface area contributed by atoms with Gasteiger partial charge in [-0.05, 0) is 45.1 Å². The molecule has 0 spiro atoms. The van der Waals surface area contributed by atoms with E-state index in [0.29, 0.717) is 16.6 Å². The summed E-state index contributed by atoms with van der Waals surface area (Å²) in [6.45, 7) is 10.1. The minimum Gasteiger partial charge on any atom is -0.444 e. The summed E-state index contributed by atoms with van der Waals surface area (Å²) in [4.78, 5) is 19.8. The molecule has 1 aliphatic rings. The normalized spacial score (nSPS) is 16.4. The van der Waals surface area contributed by atoms with E-state index in [-0.39, 0.29) is 11.5 Å². The number of rotatable bonds is 4. The van der Waals surface area contributed by atoms with Gasteiger partial charge in [-0.2, -0.15) is 0 Å². The maximum Gasteiger partial charge on any atom is 0.407 e. The van der Waals surface area contributed by atoms with E-state index < -0.39 is 5.60 Å². The van der Waals surface area contributed by atoms with Crippen molar-refractivity contribution in [1.82, 2.24) is 19.9 Å². The van der Waals surface area contributed by atoms with Crippen molar-refractivity contribution in [3.8, 4) is 11.3 Å². The fourth-order valence-electron chi connectivity index (χ4n) is 3.66. The quantitative estimate of drug-likeness (QED) is 0.487. The van der Waals surface area contributed by atoms with Gasteiger partial charge in [-0.25, -0.2) is 14.3 Å². The number of carbonyl (C=O) groups is 1. The van der Waals surface area contributed by atoms with Gasteiger partial charge in [0, 0.05) is 25.2 Å². The number of carbonyl (C=O) groups excluding carboxylic acids is 1. The third kappa shape index (κ3) is 5.13. The molecule has 0 aliphatic carbocycles. The minimum atomic E-state index is -0.491. The van der Waals surface area contributed by atoms with Crippen LogP contribution in [0.15, 0.2) is 24.4 Å². The van der Waals surface area contributed by atoms with E-state index in [4.69, 9.17) is 38.0 Å². The summed E-state index contributed by atoms with van der Waals surface area (Å²) in [6, 6.07) is 5.52. The number of nitrogens with one attached hydrogen (secondary N) is 1. The highest BCUT2D eigenvalue weighted by molar-refractivity contribution is 7.20. The summed E-state index contributed by atoms with van der Waals surface area (Å²) < 4.78 is 7.15. The number of halogens is 2. The van der Waals surface area contributed by atoms with E-state index in [1.165, 1.54) is 0 Å².